The van der Waals surface area contributed by atoms with E-state index < -0.39 is 30.1 Å². The molecule has 0 saturated carbocycles. The van der Waals surface area contributed by atoms with Gasteiger partial charge in [-0.3, -0.25) is 24.4 Å². The predicted octanol–water partition coefficient (Wildman–Crippen LogP) is 5.31. The third-order valence-corrected chi connectivity index (χ3v) is 8.85. The van der Waals surface area contributed by atoms with Crippen molar-refractivity contribution in [2.24, 2.45) is 5.73 Å². The van der Waals surface area contributed by atoms with Crippen LogP contribution in [0, 0.1) is 0 Å². The van der Waals surface area contributed by atoms with Gasteiger partial charge in [0, 0.05) is 25.2 Å². The molecule has 5 rings (SSSR count). The second-order valence-corrected chi connectivity index (χ2v) is 12.1. The van der Waals surface area contributed by atoms with Crippen molar-refractivity contribution in [1.29, 1.82) is 0 Å². The molecule has 4 aromatic heterocycles. The number of ether oxygens (including phenoxy) is 1. The zero-order valence-electron chi connectivity index (χ0n) is 24.3. The van der Waals surface area contributed by atoms with Crippen LogP contribution in [0.15, 0.2) is 79.1 Å². The van der Waals surface area contributed by atoms with Gasteiger partial charge in [0.25, 0.3) is 0 Å². The maximum Gasteiger partial charge on any atom is 0.408 e. The highest BCUT2D eigenvalue weighted by Crippen LogP contribution is 2.26. The first-order chi connectivity index (χ1) is 22.1. The van der Waals surface area contributed by atoms with Crippen LogP contribution in [0.4, 0.5) is 4.79 Å². The number of carbonyl (C=O) groups excluding carboxylic acids is 3. The smallest absolute Gasteiger partial charge is 0.408 e. The Morgan fingerprint density at radius 3 is 1.80 bits per heavy atom. The van der Waals surface area contributed by atoms with Crippen molar-refractivity contribution in [3.05, 3.63) is 94.4 Å². The fourth-order valence-corrected chi connectivity index (χ4v) is 6.08. The Morgan fingerprint density at radius 2 is 1.30 bits per heavy atom. The molecule has 4 heterocycles. The number of pyridine rings is 2. The molecular weight excluding hydrogens is 633 g/mol. The molecule has 2 atom stereocenters. The molecule has 0 unspecified atom stereocenters. The van der Waals surface area contributed by atoms with E-state index in [9.17, 15) is 29.1 Å². The van der Waals surface area contributed by atoms with E-state index in [0.717, 1.165) is 26.0 Å². The summed E-state index contributed by atoms with van der Waals surface area (Å²) in [6, 6.07) is 17.6. The van der Waals surface area contributed by atoms with Gasteiger partial charge in [-0.15, -0.1) is 22.7 Å². The van der Waals surface area contributed by atoms with Crippen LogP contribution in [0.5, 0.6) is 0 Å². The quantitative estimate of drug-likeness (QED) is 0.119. The Hall–Kier alpha value is -5.05. The third kappa shape index (κ3) is 9.72. The monoisotopic (exact) mass is 662 g/mol. The first-order valence-electron chi connectivity index (χ1n) is 14.0. The Morgan fingerprint density at radius 1 is 0.761 bits per heavy atom. The highest BCUT2D eigenvalue weighted by Gasteiger charge is 2.23. The van der Waals surface area contributed by atoms with Crippen LogP contribution >= 0.6 is 22.7 Å². The van der Waals surface area contributed by atoms with Crippen LogP contribution < -0.4 is 11.1 Å². The van der Waals surface area contributed by atoms with E-state index in [1.54, 1.807) is 42.7 Å². The number of carboxylic acid groups (broad SMARTS) is 2. The number of hydrogen-bond donors (Lipinski definition) is 4. The summed E-state index contributed by atoms with van der Waals surface area (Å²) in [5.74, 6) is -2.58. The molecule has 0 aliphatic rings. The summed E-state index contributed by atoms with van der Waals surface area (Å²) >= 11 is 2.68. The number of Topliss-reactive ketones (excluding diaryl/α,β-unsaturated/α-hetero) is 2. The number of aliphatic carboxylic acids is 2. The lowest BCUT2D eigenvalue weighted by molar-refractivity contribution is -0.140. The first kappa shape index (κ1) is 33.8. The normalized spacial score (nSPS) is 12.0. The molecule has 0 saturated heterocycles. The molecule has 0 radical (unpaired) electrons. The zero-order chi connectivity index (χ0) is 33.1. The summed E-state index contributed by atoms with van der Waals surface area (Å²) in [6.07, 6.45) is 2.72. The van der Waals surface area contributed by atoms with Crippen LogP contribution in [0.25, 0.3) is 20.4 Å². The molecule has 46 heavy (non-hydrogen) atoms. The van der Waals surface area contributed by atoms with Crippen molar-refractivity contribution in [2.75, 3.05) is 0 Å². The summed E-state index contributed by atoms with van der Waals surface area (Å²) in [5.41, 5.74) is 7.66. The average Bonchev–Trinajstić information content (AvgIpc) is 3.70. The van der Waals surface area contributed by atoms with Gasteiger partial charge in [-0.05, 0) is 54.8 Å². The van der Waals surface area contributed by atoms with Crippen molar-refractivity contribution in [2.45, 2.75) is 44.4 Å². The van der Waals surface area contributed by atoms with Crippen LogP contribution in [0.2, 0.25) is 0 Å². The minimum Gasteiger partial charge on any atom is -0.480 e. The van der Waals surface area contributed by atoms with Crippen molar-refractivity contribution in [3.8, 4) is 0 Å². The van der Waals surface area contributed by atoms with Gasteiger partial charge in [0.2, 0.25) is 0 Å². The highest BCUT2D eigenvalue weighted by atomic mass is 32.1. The van der Waals surface area contributed by atoms with Crippen molar-refractivity contribution in [3.63, 3.8) is 0 Å². The SMILES string of the molecule is N[C@H](CCC(=O)c1cc2ncccc2s1)C(=O)O.O=C(N[C@H](CCC(=O)c1cc2ncccc2s1)C(=O)O)OCc1ccccc1. The van der Waals surface area contributed by atoms with E-state index in [2.05, 4.69) is 15.3 Å². The number of carboxylic acids is 2. The fourth-order valence-electron chi connectivity index (χ4n) is 4.11. The van der Waals surface area contributed by atoms with E-state index in [4.69, 9.17) is 15.6 Å². The van der Waals surface area contributed by atoms with Crippen LogP contribution in [-0.4, -0.2) is 61.9 Å². The van der Waals surface area contributed by atoms with Gasteiger partial charge in [-0.2, -0.15) is 0 Å². The minimum atomic E-state index is -1.22. The van der Waals surface area contributed by atoms with Crippen LogP contribution in [0.1, 0.15) is 50.6 Å². The number of nitrogens with zero attached hydrogens (tertiary/aromatic N) is 2. The molecule has 5 aromatic rings. The number of thiophene rings is 2. The number of aromatic nitrogens is 2. The summed E-state index contributed by atoms with van der Waals surface area (Å²) in [5, 5.41) is 20.3. The van der Waals surface area contributed by atoms with Gasteiger partial charge in [0.1, 0.15) is 18.7 Å². The van der Waals surface area contributed by atoms with Gasteiger partial charge >= 0.3 is 18.0 Å². The maximum absolute atomic E-state index is 12.4. The number of ketones is 2. The molecule has 1 amide bonds. The fraction of sp³-hybridized carbons (Fsp3) is 0.219. The standard InChI is InChI=1S/C20H18N2O5S.C12H12N2O3S/c23-16(18-11-15-17(28-18)7-4-10-21-15)9-8-14(19(24)25)22-20(26)27-12-13-5-2-1-3-6-13;13-7(12(16)17)3-4-9(15)11-6-8-10(18-11)2-1-5-14-8/h1-7,10-11,14H,8-9,12H2,(H,22,26)(H,24,25);1-2,5-7H,3-4,13H2,(H,16,17)/t14-;7-/m11/s1. The first-order valence-corrected chi connectivity index (χ1v) is 15.7. The maximum atomic E-state index is 12.4. The molecule has 238 valence electrons. The minimum absolute atomic E-state index is 0.0112. The lowest BCUT2D eigenvalue weighted by Gasteiger charge is -2.14. The number of rotatable bonds is 13. The molecule has 5 N–H and O–H groups in total. The Labute approximate surface area is 270 Å². The lowest BCUT2D eigenvalue weighted by Crippen LogP contribution is -2.41. The van der Waals surface area contributed by atoms with E-state index in [1.807, 2.05) is 36.4 Å². The zero-order valence-corrected chi connectivity index (χ0v) is 26.0. The second-order valence-electron chi connectivity index (χ2n) is 9.96. The van der Waals surface area contributed by atoms with E-state index in [1.165, 1.54) is 22.7 Å². The number of fused-ring (bicyclic) bond motifs is 2. The number of alkyl carbamates (subject to hydrolysis) is 1. The van der Waals surface area contributed by atoms with Crippen molar-refractivity contribution < 1.29 is 38.9 Å². The van der Waals surface area contributed by atoms with Gasteiger partial charge < -0.3 is 26.0 Å². The van der Waals surface area contributed by atoms with Crippen molar-refractivity contribution in [1.82, 2.24) is 15.3 Å². The van der Waals surface area contributed by atoms with Gasteiger partial charge in [-0.25, -0.2) is 9.59 Å². The summed E-state index contributed by atoms with van der Waals surface area (Å²) in [6.45, 7) is 0.0345. The molecule has 0 aliphatic carbocycles. The van der Waals surface area contributed by atoms with Gasteiger partial charge in [0.15, 0.2) is 11.6 Å². The van der Waals surface area contributed by atoms with Crippen LogP contribution in [0.3, 0.4) is 0 Å². The second kappa shape index (κ2) is 16.3. The van der Waals surface area contributed by atoms with E-state index in [-0.39, 0.29) is 43.9 Å². The number of hydrogen-bond acceptors (Lipinski definition) is 11. The Balaban J connectivity index is 0.000000230. The topological polar surface area (TPSA) is 199 Å². The summed E-state index contributed by atoms with van der Waals surface area (Å²) in [4.78, 5) is 67.5. The van der Waals surface area contributed by atoms with Gasteiger partial charge in [-0.1, -0.05) is 30.3 Å². The summed E-state index contributed by atoms with van der Waals surface area (Å²) in [7, 11) is 0. The summed E-state index contributed by atoms with van der Waals surface area (Å²) < 4.78 is 6.88. The van der Waals surface area contributed by atoms with E-state index >= 15 is 0 Å². The molecule has 1 aromatic carbocycles. The number of nitrogens with one attached hydrogen (secondary N) is 1. The van der Waals surface area contributed by atoms with E-state index in [0.29, 0.717) is 9.75 Å². The number of nitrogens with two attached hydrogens (primary N) is 1. The molecule has 0 fully saturated rings. The van der Waals surface area contributed by atoms with Gasteiger partial charge in [0.05, 0.1) is 30.2 Å². The number of amides is 1. The molecule has 0 spiro atoms. The highest BCUT2D eigenvalue weighted by molar-refractivity contribution is 7.21. The molecular formula is C32H30N4O8S2. The lowest BCUT2D eigenvalue weighted by atomic mass is 10.1. The predicted molar refractivity (Wildman–Crippen MR) is 173 cm³/mol. The Bertz CT molecular complexity index is 1770. The van der Waals surface area contributed by atoms with Crippen LogP contribution in [-0.2, 0) is 20.9 Å². The Kier molecular flexibility index (Phi) is 12.0. The molecule has 0 aliphatic heterocycles. The largest absolute Gasteiger partial charge is 0.480 e. The third-order valence-electron chi connectivity index (χ3n) is 6.59. The van der Waals surface area contributed by atoms with Crippen molar-refractivity contribution >= 4 is 72.7 Å². The number of carbonyl (C=O) groups is 5. The molecule has 12 nitrogen and oxygen atoms in total. The molecule has 0 bridgehead atoms. The average molecular weight is 663 g/mol. The molecule has 14 heteroatoms. The number of benzene rings is 1.